The molecule has 1 aliphatic carbocycles. The fourth-order valence-electron chi connectivity index (χ4n) is 2.32. The van der Waals surface area contributed by atoms with E-state index in [0.717, 1.165) is 23.1 Å². The topological polar surface area (TPSA) is 57.5 Å². The number of aliphatic hydroxyl groups is 2. The van der Waals surface area contributed by atoms with Crippen molar-refractivity contribution in [2.24, 2.45) is 0 Å². The van der Waals surface area contributed by atoms with Gasteiger partial charge in [-0.3, -0.25) is 4.79 Å². The number of carbonyl (C=O) groups excluding carboxylic acids is 1. The lowest BCUT2D eigenvalue weighted by Gasteiger charge is -2.21. The highest BCUT2D eigenvalue weighted by Crippen LogP contribution is 2.25. The van der Waals surface area contributed by atoms with Crippen LogP contribution < -0.4 is 0 Å². The minimum absolute atomic E-state index is 0.269. The smallest absolute Gasteiger partial charge is 0.137 e. The second-order valence-corrected chi connectivity index (χ2v) is 5.22. The lowest BCUT2D eigenvalue weighted by molar-refractivity contribution is -0.118. The molecule has 0 fully saturated rings. The first kappa shape index (κ1) is 13.6. The van der Waals surface area contributed by atoms with E-state index in [4.69, 9.17) is 0 Å². The molecule has 4 heteroatoms. The monoisotopic (exact) mass is 266 g/mol. The maximum atomic E-state index is 11.3. The number of carbonyl (C=O) groups is 1. The summed E-state index contributed by atoms with van der Waals surface area (Å²) < 4.78 is 0. The Kier molecular flexibility index (Phi) is 4.43. The van der Waals surface area contributed by atoms with E-state index in [1.807, 2.05) is 12.1 Å². The average Bonchev–Trinajstić information content (AvgIpc) is 2.37. The minimum atomic E-state index is -0.875. The van der Waals surface area contributed by atoms with Gasteiger partial charge in [-0.15, -0.1) is 0 Å². The molecule has 0 saturated carbocycles. The van der Waals surface area contributed by atoms with E-state index >= 15 is 0 Å². The molecular formula is C14H18O3S. The predicted molar refractivity (Wildman–Crippen MR) is 72.9 cm³/mol. The molecule has 98 valence electrons. The van der Waals surface area contributed by atoms with Gasteiger partial charge in [0.25, 0.3) is 0 Å². The van der Waals surface area contributed by atoms with Crippen LogP contribution in [-0.2, 0) is 17.6 Å². The lowest BCUT2D eigenvalue weighted by Crippen LogP contribution is -2.20. The van der Waals surface area contributed by atoms with Crippen molar-refractivity contribution in [2.75, 3.05) is 5.75 Å². The molecule has 18 heavy (non-hydrogen) atoms. The zero-order valence-electron chi connectivity index (χ0n) is 10.2. The van der Waals surface area contributed by atoms with Gasteiger partial charge >= 0.3 is 0 Å². The van der Waals surface area contributed by atoms with Gasteiger partial charge in [0.1, 0.15) is 11.9 Å². The minimum Gasteiger partial charge on any atom is -0.390 e. The third kappa shape index (κ3) is 2.94. The van der Waals surface area contributed by atoms with Crippen LogP contribution in [0.5, 0.6) is 0 Å². The van der Waals surface area contributed by atoms with Crippen LogP contribution >= 0.6 is 12.6 Å². The number of Topliss-reactive ketones (excluding diaryl/α,β-unsaturated/α-hetero) is 1. The first-order valence-corrected chi connectivity index (χ1v) is 6.85. The second-order valence-electron chi connectivity index (χ2n) is 4.77. The van der Waals surface area contributed by atoms with E-state index in [1.54, 1.807) is 6.07 Å². The summed E-state index contributed by atoms with van der Waals surface area (Å²) in [5.74, 6) is 0.809. The van der Waals surface area contributed by atoms with Crippen LogP contribution in [0, 0.1) is 0 Å². The van der Waals surface area contributed by atoms with E-state index < -0.39 is 12.2 Å². The molecule has 1 aromatic rings. The zero-order chi connectivity index (χ0) is 13.1. The Bertz CT molecular complexity index is 445. The number of hydrogen-bond donors (Lipinski definition) is 3. The van der Waals surface area contributed by atoms with Crippen molar-refractivity contribution in [1.82, 2.24) is 0 Å². The van der Waals surface area contributed by atoms with Crippen molar-refractivity contribution < 1.29 is 15.0 Å². The molecule has 0 saturated heterocycles. The molecule has 2 rings (SSSR count). The molecule has 0 spiro atoms. The van der Waals surface area contributed by atoms with Crippen LogP contribution in [0.1, 0.15) is 35.6 Å². The van der Waals surface area contributed by atoms with Crippen molar-refractivity contribution >= 4 is 18.4 Å². The fraction of sp³-hybridized carbons (Fsp3) is 0.500. The molecule has 1 aromatic carbocycles. The van der Waals surface area contributed by atoms with Gasteiger partial charge < -0.3 is 10.2 Å². The first-order valence-electron chi connectivity index (χ1n) is 6.22. The Labute approximate surface area is 112 Å². The van der Waals surface area contributed by atoms with E-state index in [0.29, 0.717) is 25.0 Å². The molecule has 0 amide bonds. The van der Waals surface area contributed by atoms with Crippen molar-refractivity contribution in [3.8, 4) is 0 Å². The van der Waals surface area contributed by atoms with Crippen molar-refractivity contribution in [3.05, 3.63) is 34.9 Å². The SMILES string of the molecule is O=C1CCc2cc(C(O)C(O)CCS)ccc2C1. The molecule has 1 aliphatic rings. The Morgan fingerprint density at radius 3 is 2.72 bits per heavy atom. The summed E-state index contributed by atoms with van der Waals surface area (Å²) in [7, 11) is 0. The first-order chi connectivity index (χ1) is 8.61. The summed E-state index contributed by atoms with van der Waals surface area (Å²) in [5.41, 5.74) is 2.88. The summed E-state index contributed by atoms with van der Waals surface area (Å²) in [6.45, 7) is 0. The highest BCUT2D eigenvalue weighted by molar-refractivity contribution is 7.80. The highest BCUT2D eigenvalue weighted by Gasteiger charge is 2.21. The van der Waals surface area contributed by atoms with Crippen molar-refractivity contribution in [1.29, 1.82) is 0 Å². The molecule has 3 nitrogen and oxygen atoms in total. The summed E-state index contributed by atoms with van der Waals surface area (Å²) in [5, 5.41) is 19.8. The Morgan fingerprint density at radius 2 is 2.00 bits per heavy atom. The third-order valence-electron chi connectivity index (χ3n) is 3.42. The molecule has 2 N–H and O–H groups in total. The van der Waals surface area contributed by atoms with Crippen LogP contribution in [0.2, 0.25) is 0 Å². The van der Waals surface area contributed by atoms with Gasteiger partial charge in [0.15, 0.2) is 0 Å². The van der Waals surface area contributed by atoms with Crippen molar-refractivity contribution in [3.63, 3.8) is 0 Å². The van der Waals surface area contributed by atoms with Gasteiger partial charge in [-0.1, -0.05) is 18.2 Å². The summed E-state index contributed by atoms with van der Waals surface area (Å²) in [4.78, 5) is 11.3. The van der Waals surface area contributed by atoms with Crippen LogP contribution in [0.15, 0.2) is 18.2 Å². The number of ketones is 1. The molecule has 2 unspecified atom stereocenters. The highest BCUT2D eigenvalue weighted by atomic mass is 32.1. The van der Waals surface area contributed by atoms with E-state index in [-0.39, 0.29) is 5.78 Å². The number of rotatable bonds is 4. The van der Waals surface area contributed by atoms with Crippen LogP contribution in [0.4, 0.5) is 0 Å². The van der Waals surface area contributed by atoms with Gasteiger partial charge in [0, 0.05) is 12.8 Å². The van der Waals surface area contributed by atoms with Gasteiger partial charge in [-0.05, 0) is 35.3 Å². The summed E-state index contributed by atoms with van der Waals surface area (Å²) >= 11 is 4.05. The maximum absolute atomic E-state index is 11.3. The summed E-state index contributed by atoms with van der Waals surface area (Å²) in [6.07, 6.45) is 0.597. The zero-order valence-corrected chi connectivity index (χ0v) is 11.1. The third-order valence-corrected chi connectivity index (χ3v) is 3.68. The molecule has 0 aromatic heterocycles. The van der Waals surface area contributed by atoms with E-state index in [9.17, 15) is 15.0 Å². The lowest BCUT2D eigenvalue weighted by atomic mass is 9.88. The van der Waals surface area contributed by atoms with Crippen LogP contribution in [-0.4, -0.2) is 27.9 Å². The largest absolute Gasteiger partial charge is 0.390 e. The summed E-state index contributed by atoms with van der Waals surface area (Å²) in [6, 6.07) is 5.59. The van der Waals surface area contributed by atoms with Crippen LogP contribution in [0.25, 0.3) is 0 Å². The predicted octanol–water partition coefficient (Wildman–Crippen LogP) is 1.46. The van der Waals surface area contributed by atoms with Crippen LogP contribution in [0.3, 0.4) is 0 Å². The number of thiol groups is 1. The Morgan fingerprint density at radius 1 is 1.22 bits per heavy atom. The molecule has 0 bridgehead atoms. The number of fused-ring (bicyclic) bond motifs is 1. The number of benzene rings is 1. The normalized spacial score (nSPS) is 18.3. The Hall–Kier alpha value is -0.840. The van der Waals surface area contributed by atoms with Crippen molar-refractivity contribution in [2.45, 2.75) is 37.9 Å². The van der Waals surface area contributed by atoms with Gasteiger partial charge in [0.2, 0.25) is 0 Å². The molecule has 0 aliphatic heterocycles. The average molecular weight is 266 g/mol. The van der Waals surface area contributed by atoms with E-state index in [1.165, 1.54) is 0 Å². The second kappa shape index (κ2) is 5.87. The van der Waals surface area contributed by atoms with Gasteiger partial charge in [-0.25, -0.2) is 0 Å². The molecular weight excluding hydrogens is 248 g/mol. The molecule has 0 radical (unpaired) electrons. The standard InChI is InChI=1S/C14H18O3S/c15-12-4-3-9-7-11(2-1-10(9)8-12)14(17)13(16)5-6-18/h1-2,7,13-14,16-18H,3-6,8H2. The fourth-order valence-corrected chi connectivity index (χ4v) is 2.59. The van der Waals surface area contributed by atoms with Gasteiger partial charge in [0.05, 0.1) is 6.10 Å². The quantitative estimate of drug-likeness (QED) is 0.723. The molecule has 2 atom stereocenters. The number of hydrogen-bond acceptors (Lipinski definition) is 4. The van der Waals surface area contributed by atoms with E-state index in [2.05, 4.69) is 12.6 Å². The van der Waals surface area contributed by atoms with Gasteiger partial charge in [-0.2, -0.15) is 12.6 Å². The Balaban J connectivity index is 2.18. The number of aryl methyl sites for hydroxylation is 1. The number of aliphatic hydroxyl groups excluding tert-OH is 2. The maximum Gasteiger partial charge on any atom is 0.137 e. The molecule has 0 heterocycles.